The van der Waals surface area contributed by atoms with E-state index >= 15 is 0 Å². The summed E-state index contributed by atoms with van der Waals surface area (Å²) in [5.41, 5.74) is 3.62. The number of piperazine rings is 1. The largest absolute Gasteiger partial charge is 0.462 e. The molecule has 0 amide bonds. The van der Waals surface area contributed by atoms with Crippen LogP contribution < -0.4 is 4.90 Å². The molecule has 2 aromatic carbocycles. The monoisotopic (exact) mass is 432 g/mol. The van der Waals surface area contributed by atoms with E-state index in [0.717, 1.165) is 29.8 Å². The number of esters is 1. The Balaban J connectivity index is 1.87. The van der Waals surface area contributed by atoms with Gasteiger partial charge >= 0.3 is 5.97 Å². The molecular formula is C25H28N4O3. The summed E-state index contributed by atoms with van der Waals surface area (Å²) in [6.07, 6.45) is 0. The predicted molar refractivity (Wildman–Crippen MR) is 125 cm³/mol. The van der Waals surface area contributed by atoms with Gasteiger partial charge in [-0.3, -0.25) is 4.90 Å². The molecule has 1 aromatic heterocycles. The third kappa shape index (κ3) is 4.64. The van der Waals surface area contributed by atoms with Crippen LogP contribution >= 0.6 is 0 Å². The van der Waals surface area contributed by atoms with Gasteiger partial charge in [0.05, 0.1) is 13.2 Å². The first-order valence-corrected chi connectivity index (χ1v) is 11.0. The molecule has 2 heterocycles. The molecule has 0 saturated carbocycles. The van der Waals surface area contributed by atoms with Crippen LogP contribution in [0.5, 0.6) is 0 Å². The molecule has 0 aliphatic carbocycles. The van der Waals surface area contributed by atoms with Crippen molar-refractivity contribution in [2.45, 2.75) is 6.92 Å². The highest BCUT2D eigenvalue weighted by Gasteiger charge is 2.29. The van der Waals surface area contributed by atoms with Crippen LogP contribution in [0.2, 0.25) is 0 Å². The maximum atomic E-state index is 13.3. The number of hydrogen-bond acceptors (Lipinski definition) is 7. The molecule has 7 heteroatoms. The fourth-order valence-electron chi connectivity index (χ4n) is 4.05. The number of nitrogens with zero attached hydrogens (tertiary/aromatic N) is 4. The lowest BCUT2D eigenvalue weighted by Gasteiger charge is -2.35. The van der Waals surface area contributed by atoms with Crippen LogP contribution in [-0.2, 0) is 4.74 Å². The van der Waals surface area contributed by atoms with Crippen LogP contribution in [0.4, 0.5) is 5.82 Å². The molecule has 4 rings (SSSR count). The highest BCUT2D eigenvalue weighted by atomic mass is 16.5. The molecule has 7 nitrogen and oxygen atoms in total. The van der Waals surface area contributed by atoms with Gasteiger partial charge in [0.25, 0.3) is 0 Å². The number of rotatable bonds is 7. The van der Waals surface area contributed by atoms with E-state index in [0.29, 0.717) is 36.7 Å². The average molecular weight is 433 g/mol. The number of carbonyl (C=O) groups is 1. The topological polar surface area (TPSA) is 78.8 Å². The number of aliphatic hydroxyl groups excluding tert-OH is 1. The minimum absolute atomic E-state index is 0.137. The zero-order valence-corrected chi connectivity index (χ0v) is 18.3. The molecule has 32 heavy (non-hydrogen) atoms. The quantitative estimate of drug-likeness (QED) is 0.575. The van der Waals surface area contributed by atoms with Crippen molar-refractivity contribution in [1.82, 2.24) is 15.1 Å². The lowest BCUT2D eigenvalue weighted by molar-refractivity contribution is 0.0527. The van der Waals surface area contributed by atoms with E-state index in [1.807, 2.05) is 60.7 Å². The second-order valence-electron chi connectivity index (χ2n) is 7.63. The number of β-amino-alcohol motifs (C(OH)–C–C–N with tert-alkyl or cyclic N) is 1. The van der Waals surface area contributed by atoms with Crippen molar-refractivity contribution < 1.29 is 14.6 Å². The van der Waals surface area contributed by atoms with Crippen molar-refractivity contribution in [2.24, 2.45) is 0 Å². The molecule has 0 spiro atoms. The van der Waals surface area contributed by atoms with E-state index in [1.54, 1.807) is 6.92 Å². The van der Waals surface area contributed by atoms with Crippen molar-refractivity contribution >= 4 is 11.8 Å². The van der Waals surface area contributed by atoms with Crippen LogP contribution in [-0.4, -0.2) is 72.1 Å². The van der Waals surface area contributed by atoms with Gasteiger partial charge in [0.15, 0.2) is 5.82 Å². The normalized spacial score (nSPS) is 14.4. The van der Waals surface area contributed by atoms with E-state index in [9.17, 15) is 9.90 Å². The van der Waals surface area contributed by atoms with Gasteiger partial charge in [-0.2, -0.15) is 0 Å². The van der Waals surface area contributed by atoms with Crippen LogP contribution in [0.25, 0.3) is 22.4 Å². The number of aliphatic hydroxyl groups is 1. The van der Waals surface area contributed by atoms with Gasteiger partial charge in [-0.15, -0.1) is 10.2 Å². The molecule has 1 aliphatic rings. The number of benzene rings is 2. The summed E-state index contributed by atoms with van der Waals surface area (Å²) in [4.78, 5) is 17.6. The molecule has 3 aromatic rings. The van der Waals surface area contributed by atoms with E-state index in [1.165, 1.54) is 0 Å². The summed E-state index contributed by atoms with van der Waals surface area (Å²) >= 11 is 0. The molecule has 166 valence electrons. The highest BCUT2D eigenvalue weighted by molar-refractivity contribution is 6.05. The van der Waals surface area contributed by atoms with E-state index in [-0.39, 0.29) is 13.2 Å². The summed E-state index contributed by atoms with van der Waals surface area (Å²) in [6, 6.07) is 19.6. The van der Waals surface area contributed by atoms with Crippen LogP contribution in [0.3, 0.4) is 0 Å². The van der Waals surface area contributed by atoms with Gasteiger partial charge < -0.3 is 14.7 Å². The summed E-state index contributed by atoms with van der Waals surface area (Å²) in [5.74, 6) is 0.150. The first-order valence-electron chi connectivity index (χ1n) is 11.0. The Kier molecular flexibility index (Phi) is 7.09. The Morgan fingerprint density at radius 1 is 0.938 bits per heavy atom. The van der Waals surface area contributed by atoms with Crippen LogP contribution in [0.1, 0.15) is 17.3 Å². The maximum absolute atomic E-state index is 13.3. The zero-order chi connectivity index (χ0) is 22.3. The van der Waals surface area contributed by atoms with Crippen molar-refractivity contribution in [2.75, 3.05) is 50.8 Å². The zero-order valence-electron chi connectivity index (χ0n) is 18.3. The minimum Gasteiger partial charge on any atom is -0.462 e. The van der Waals surface area contributed by atoms with Gasteiger partial charge in [0.2, 0.25) is 0 Å². The fourth-order valence-corrected chi connectivity index (χ4v) is 4.05. The highest BCUT2D eigenvalue weighted by Crippen LogP contribution is 2.37. The molecule has 0 unspecified atom stereocenters. The summed E-state index contributed by atoms with van der Waals surface area (Å²) in [6.45, 7) is 5.82. The lowest BCUT2D eigenvalue weighted by Crippen LogP contribution is -2.48. The molecular weight excluding hydrogens is 404 g/mol. The van der Waals surface area contributed by atoms with E-state index in [4.69, 9.17) is 4.74 Å². The standard InChI is InChI=1S/C25H28N4O3/c1-2-32-25(31)22-21(19-9-5-3-6-10-19)23(20-11-7-4-8-12-20)26-27-24(22)29-15-13-28(14-16-29)17-18-30/h3-12,30H,2,13-18H2,1H3. The third-order valence-electron chi connectivity index (χ3n) is 5.63. The Labute approximate surface area is 188 Å². The molecule has 1 aliphatic heterocycles. The molecule has 1 N–H and O–H groups in total. The molecule has 0 atom stereocenters. The van der Waals surface area contributed by atoms with Gasteiger partial charge in [-0.25, -0.2) is 4.79 Å². The minimum atomic E-state index is -0.397. The Bertz CT molecular complexity index is 1040. The molecule has 1 saturated heterocycles. The van der Waals surface area contributed by atoms with Gasteiger partial charge in [-0.05, 0) is 12.5 Å². The SMILES string of the molecule is CCOC(=O)c1c(N2CCN(CCO)CC2)nnc(-c2ccccc2)c1-c1ccccc1. The molecule has 1 fully saturated rings. The smallest absolute Gasteiger partial charge is 0.342 e. The van der Waals surface area contributed by atoms with Gasteiger partial charge in [-0.1, -0.05) is 60.7 Å². The summed E-state index contributed by atoms with van der Waals surface area (Å²) < 4.78 is 5.50. The van der Waals surface area contributed by atoms with Crippen molar-refractivity contribution in [3.05, 3.63) is 66.2 Å². The predicted octanol–water partition coefficient (Wildman–Crippen LogP) is 3.10. The average Bonchev–Trinajstić information content (AvgIpc) is 2.85. The second kappa shape index (κ2) is 10.3. The van der Waals surface area contributed by atoms with Crippen LogP contribution in [0.15, 0.2) is 60.7 Å². The Hall–Kier alpha value is -3.29. The van der Waals surface area contributed by atoms with Gasteiger partial charge in [0.1, 0.15) is 11.3 Å². The fraction of sp³-hybridized carbons (Fsp3) is 0.320. The summed E-state index contributed by atoms with van der Waals surface area (Å²) in [5, 5.41) is 18.4. The van der Waals surface area contributed by atoms with Crippen molar-refractivity contribution in [1.29, 1.82) is 0 Å². The number of anilines is 1. The summed E-state index contributed by atoms with van der Waals surface area (Å²) in [7, 11) is 0. The van der Waals surface area contributed by atoms with Crippen LogP contribution in [0, 0.1) is 0 Å². The first kappa shape index (κ1) is 21.9. The molecule has 0 radical (unpaired) electrons. The third-order valence-corrected chi connectivity index (χ3v) is 5.63. The van der Waals surface area contributed by atoms with E-state index < -0.39 is 5.97 Å². The lowest BCUT2D eigenvalue weighted by atomic mass is 9.94. The molecule has 0 bridgehead atoms. The van der Waals surface area contributed by atoms with Crippen molar-refractivity contribution in [3.63, 3.8) is 0 Å². The van der Waals surface area contributed by atoms with E-state index in [2.05, 4.69) is 20.0 Å². The number of carbonyl (C=O) groups excluding carboxylic acids is 1. The number of hydrogen-bond donors (Lipinski definition) is 1. The number of aromatic nitrogens is 2. The maximum Gasteiger partial charge on any atom is 0.342 e. The number of ether oxygens (including phenoxy) is 1. The van der Waals surface area contributed by atoms with Crippen molar-refractivity contribution in [3.8, 4) is 22.4 Å². The first-order chi connectivity index (χ1) is 15.7. The van der Waals surface area contributed by atoms with Gasteiger partial charge in [0, 0.05) is 43.9 Å². The second-order valence-corrected chi connectivity index (χ2v) is 7.63. The Morgan fingerprint density at radius 2 is 1.56 bits per heavy atom. The Morgan fingerprint density at radius 3 is 2.16 bits per heavy atom.